The van der Waals surface area contributed by atoms with Crippen LogP contribution in [0.5, 0.6) is 5.75 Å². The van der Waals surface area contributed by atoms with Gasteiger partial charge in [0, 0.05) is 18.7 Å². The molecular formula is C19H25NO4. The van der Waals surface area contributed by atoms with Crippen molar-refractivity contribution in [2.45, 2.75) is 33.6 Å². The van der Waals surface area contributed by atoms with Crippen molar-refractivity contribution in [1.82, 2.24) is 4.90 Å². The molecule has 1 heterocycles. The molecule has 0 aliphatic carbocycles. The van der Waals surface area contributed by atoms with Gasteiger partial charge in [-0.1, -0.05) is 11.6 Å². The largest absolute Gasteiger partial charge is 0.490 e. The molecule has 1 aliphatic rings. The number of allylic oxidation sites excluding steroid dienone is 1. The highest BCUT2D eigenvalue weighted by Crippen LogP contribution is 2.30. The number of aliphatic carboxylic acids is 1. The van der Waals surface area contributed by atoms with Crippen LogP contribution in [0.4, 0.5) is 0 Å². The maximum Gasteiger partial charge on any atom is 0.311 e. The van der Waals surface area contributed by atoms with Gasteiger partial charge in [-0.2, -0.15) is 0 Å². The van der Waals surface area contributed by atoms with E-state index < -0.39 is 11.4 Å². The van der Waals surface area contributed by atoms with Crippen LogP contribution < -0.4 is 4.74 Å². The summed E-state index contributed by atoms with van der Waals surface area (Å²) in [6.07, 6.45) is 3.26. The number of carbonyl (C=O) groups is 2. The first kappa shape index (κ1) is 18.0. The van der Waals surface area contributed by atoms with Gasteiger partial charge in [-0.3, -0.25) is 9.59 Å². The fourth-order valence-corrected chi connectivity index (χ4v) is 2.79. The summed E-state index contributed by atoms with van der Waals surface area (Å²) in [5, 5.41) is 9.39. The van der Waals surface area contributed by atoms with E-state index in [4.69, 9.17) is 4.74 Å². The Kier molecular flexibility index (Phi) is 5.65. The van der Waals surface area contributed by atoms with Crippen LogP contribution in [0.15, 0.2) is 35.9 Å². The van der Waals surface area contributed by atoms with Gasteiger partial charge in [0.2, 0.25) is 0 Å². The minimum Gasteiger partial charge on any atom is -0.490 e. The Hall–Kier alpha value is -2.30. The van der Waals surface area contributed by atoms with Gasteiger partial charge in [-0.05, 0) is 57.9 Å². The van der Waals surface area contributed by atoms with Crippen LogP contribution in [-0.4, -0.2) is 41.6 Å². The number of carboxylic acids is 1. The molecule has 1 saturated heterocycles. The average Bonchev–Trinajstić information content (AvgIpc) is 2.54. The number of ether oxygens (including phenoxy) is 1. The summed E-state index contributed by atoms with van der Waals surface area (Å²) in [4.78, 5) is 25.8. The van der Waals surface area contributed by atoms with Crippen molar-refractivity contribution >= 4 is 11.9 Å². The van der Waals surface area contributed by atoms with Crippen LogP contribution in [0.2, 0.25) is 0 Å². The summed E-state index contributed by atoms with van der Waals surface area (Å²) in [6.45, 7) is 6.99. The van der Waals surface area contributed by atoms with Crippen molar-refractivity contribution in [3.05, 3.63) is 41.5 Å². The van der Waals surface area contributed by atoms with Gasteiger partial charge in [0.25, 0.3) is 5.91 Å². The van der Waals surface area contributed by atoms with Crippen molar-refractivity contribution in [3.8, 4) is 5.75 Å². The molecule has 1 fully saturated rings. The van der Waals surface area contributed by atoms with Crippen LogP contribution in [0.1, 0.15) is 44.0 Å². The minimum absolute atomic E-state index is 0.144. The van der Waals surface area contributed by atoms with E-state index in [0.717, 1.165) is 0 Å². The van der Waals surface area contributed by atoms with Crippen molar-refractivity contribution < 1.29 is 19.4 Å². The number of carboxylic acid groups (broad SMARTS) is 1. The van der Waals surface area contributed by atoms with Gasteiger partial charge in [0.05, 0.1) is 5.41 Å². The second kappa shape index (κ2) is 7.51. The second-order valence-corrected chi connectivity index (χ2v) is 6.82. The lowest BCUT2D eigenvalue weighted by atomic mass is 9.82. The molecule has 1 aromatic carbocycles. The fourth-order valence-electron chi connectivity index (χ4n) is 2.79. The molecule has 0 aromatic heterocycles. The molecule has 0 bridgehead atoms. The van der Waals surface area contributed by atoms with E-state index in [-0.39, 0.29) is 12.5 Å². The number of carbonyl (C=O) groups excluding carboxylic acids is 1. The number of hydrogen-bond donors (Lipinski definition) is 1. The van der Waals surface area contributed by atoms with Crippen LogP contribution in [0.25, 0.3) is 0 Å². The average molecular weight is 331 g/mol. The predicted molar refractivity (Wildman–Crippen MR) is 92.2 cm³/mol. The number of likely N-dealkylation sites (tertiary alicyclic amines) is 1. The normalized spacial score (nSPS) is 20.4. The Bertz CT molecular complexity index is 649. The minimum atomic E-state index is -0.870. The van der Waals surface area contributed by atoms with Gasteiger partial charge in [0.1, 0.15) is 12.4 Å². The molecule has 2 rings (SSSR count). The number of piperidine rings is 1. The molecule has 0 spiro atoms. The Morgan fingerprint density at radius 2 is 2.12 bits per heavy atom. The lowest BCUT2D eigenvalue weighted by Gasteiger charge is -2.37. The topological polar surface area (TPSA) is 66.8 Å². The molecular weight excluding hydrogens is 306 g/mol. The number of amides is 1. The van der Waals surface area contributed by atoms with E-state index in [1.807, 2.05) is 26.0 Å². The summed E-state index contributed by atoms with van der Waals surface area (Å²) in [5.41, 5.74) is 0.828. The highest BCUT2D eigenvalue weighted by molar-refractivity contribution is 5.95. The van der Waals surface area contributed by atoms with Crippen molar-refractivity contribution in [3.63, 3.8) is 0 Å². The SMILES string of the molecule is CC(C)=CCOc1cccc(C(=O)N2CCCC(C)(C(=O)O)C2)c1. The summed E-state index contributed by atoms with van der Waals surface area (Å²) in [7, 11) is 0. The molecule has 1 amide bonds. The van der Waals surface area contributed by atoms with Crippen LogP contribution in [-0.2, 0) is 4.79 Å². The van der Waals surface area contributed by atoms with Gasteiger partial charge in [-0.25, -0.2) is 0 Å². The van der Waals surface area contributed by atoms with E-state index in [2.05, 4.69) is 0 Å². The molecule has 0 radical (unpaired) electrons. The molecule has 1 unspecified atom stereocenters. The Balaban J connectivity index is 2.09. The molecule has 5 nitrogen and oxygen atoms in total. The molecule has 1 aliphatic heterocycles. The first-order valence-corrected chi connectivity index (χ1v) is 8.21. The second-order valence-electron chi connectivity index (χ2n) is 6.82. The van der Waals surface area contributed by atoms with Crippen molar-refractivity contribution in [1.29, 1.82) is 0 Å². The Morgan fingerprint density at radius 1 is 1.38 bits per heavy atom. The molecule has 1 aromatic rings. The van der Waals surface area contributed by atoms with E-state index >= 15 is 0 Å². The van der Waals surface area contributed by atoms with Gasteiger partial charge in [0.15, 0.2) is 0 Å². The van der Waals surface area contributed by atoms with E-state index in [1.54, 1.807) is 30.0 Å². The highest BCUT2D eigenvalue weighted by atomic mass is 16.5. The van der Waals surface area contributed by atoms with E-state index in [1.165, 1.54) is 5.57 Å². The third-order valence-electron chi connectivity index (χ3n) is 4.32. The van der Waals surface area contributed by atoms with Gasteiger partial charge < -0.3 is 14.7 Å². The maximum atomic E-state index is 12.7. The quantitative estimate of drug-likeness (QED) is 0.840. The smallest absolute Gasteiger partial charge is 0.311 e. The fraction of sp³-hybridized carbons (Fsp3) is 0.474. The van der Waals surface area contributed by atoms with Crippen LogP contribution in [0.3, 0.4) is 0 Å². The van der Waals surface area contributed by atoms with E-state index in [9.17, 15) is 14.7 Å². The first-order valence-electron chi connectivity index (χ1n) is 8.21. The van der Waals surface area contributed by atoms with Gasteiger partial charge >= 0.3 is 5.97 Å². The predicted octanol–water partition coefficient (Wildman–Crippen LogP) is 3.36. The molecule has 5 heteroatoms. The third-order valence-corrected chi connectivity index (χ3v) is 4.32. The summed E-state index contributed by atoms with van der Waals surface area (Å²) in [5.74, 6) is -0.356. The summed E-state index contributed by atoms with van der Waals surface area (Å²) in [6, 6.07) is 7.05. The molecule has 130 valence electrons. The first-order chi connectivity index (χ1) is 11.3. The lowest BCUT2D eigenvalue weighted by Crippen LogP contribution is -2.48. The number of nitrogens with zero attached hydrogens (tertiary/aromatic N) is 1. The molecule has 1 atom stereocenters. The Morgan fingerprint density at radius 3 is 2.79 bits per heavy atom. The van der Waals surface area contributed by atoms with Crippen molar-refractivity contribution in [2.75, 3.05) is 19.7 Å². The van der Waals surface area contributed by atoms with E-state index in [0.29, 0.717) is 37.3 Å². The maximum absolute atomic E-state index is 12.7. The number of hydrogen-bond acceptors (Lipinski definition) is 3. The van der Waals surface area contributed by atoms with Crippen LogP contribution in [0, 0.1) is 5.41 Å². The molecule has 1 N–H and O–H groups in total. The monoisotopic (exact) mass is 331 g/mol. The zero-order valence-corrected chi connectivity index (χ0v) is 14.5. The molecule has 24 heavy (non-hydrogen) atoms. The zero-order valence-electron chi connectivity index (χ0n) is 14.5. The lowest BCUT2D eigenvalue weighted by molar-refractivity contribution is -0.150. The highest BCUT2D eigenvalue weighted by Gasteiger charge is 2.39. The number of rotatable bonds is 5. The zero-order chi connectivity index (χ0) is 17.7. The summed E-state index contributed by atoms with van der Waals surface area (Å²) < 4.78 is 5.63. The Labute approximate surface area is 142 Å². The summed E-state index contributed by atoms with van der Waals surface area (Å²) >= 11 is 0. The standard InChI is InChI=1S/C19H25NO4/c1-14(2)8-11-24-16-7-4-6-15(12-16)17(21)20-10-5-9-19(3,13-20)18(22)23/h4,6-8,12H,5,9-11,13H2,1-3H3,(H,22,23). The number of benzene rings is 1. The molecule has 0 saturated carbocycles. The van der Waals surface area contributed by atoms with Gasteiger partial charge in [-0.15, -0.1) is 0 Å². The van der Waals surface area contributed by atoms with Crippen LogP contribution >= 0.6 is 0 Å². The third kappa shape index (κ3) is 4.37. The van der Waals surface area contributed by atoms with Crippen molar-refractivity contribution in [2.24, 2.45) is 5.41 Å².